The Kier molecular flexibility index (Phi) is 5.53. The zero-order chi connectivity index (χ0) is 15.1. The van der Waals surface area contributed by atoms with Crippen molar-refractivity contribution in [1.82, 2.24) is 4.72 Å². The van der Waals surface area contributed by atoms with Crippen LogP contribution in [0.2, 0.25) is 0 Å². The summed E-state index contributed by atoms with van der Waals surface area (Å²) in [7, 11) is -3.55. The van der Waals surface area contributed by atoms with E-state index in [1.54, 1.807) is 12.1 Å². The maximum Gasteiger partial charge on any atom is 0.240 e. The topological polar surface area (TPSA) is 66.4 Å². The molecule has 2 N–H and O–H groups in total. The Morgan fingerprint density at radius 2 is 2.10 bits per heavy atom. The van der Waals surface area contributed by atoms with Crippen LogP contribution in [0.3, 0.4) is 0 Å². The Morgan fingerprint density at radius 3 is 2.81 bits per heavy atom. The minimum atomic E-state index is -3.55. The molecule has 4 nitrogen and oxygen atoms in total. The molecular weight excluding hydrogens is 306 g/mol. The van der Waals surface area contributed by atoms with Crippen molar-refractivity contribution in [3.63, 3.8) is 0 Å². The van der Waals surface area contributed by atoms with E-state index in [0.717, 1.165) is 4.88 Å². The van der Waals surface area contributed by atoms with Crippen molar-refractivity contribution in [2.75, 3.05) is 6.61 Å². The van der Waals surface area contributed by atoms with Gasteiger partial charge in [-0.05, 0) is 29.6 Å². The second-order valence-electron chi connectivity index (χ2n) is 4.21. The lowest BCUT2D eigenvalue weighted by Crippen LogP contribution is -2.22. The van der Waals surface area contributed by atoms with Crippen molar-refractivity contribution in [2.45, 2.75) is 17.9 Å². The number of aliphatic hydroxyl groups is 1. The predicted octanol–water partition coefficient (Wildman–Crippen LogP) is 1.96. The van der Waals surface area contributed by atoms with Gasteiger partial charge in [0.25, 0.3) is 0 Å². The number of hydrogen-bond acceptors (Lipinski definition) is 4. The summed E-state index contributed by atoms with van der Waals surface area (Å²) in [4.78, 5) is 1.15. The largest absolute Gasteiger partial charge is 0.395 e. The molecule has 110 valence electrons. The number of thiophene rings is 1. The molecular formula is C15H15NO3S2. The van der Waals surface area contributed by atoms with Crippen LogP contribution in [0.25, 0.3) is 0 Å². The van der Waals surface area contributed by atoms with Gasteiger partial charge in [-0.3, -0.25) is 0 Å². The van der Waals surface area contributed by atoms with E-state index in [0.29, 0.717) is 12.0 Å². The van der Waals surface area contributed by atoms with Crippen molar-refractivity contribution in [1.29, 1.82) is 0 Å². The third-order valence-electron chi connectivity index (χ3n) is 2.63. The minimum absolute atomic E-state index is 0.00659. The van der Waals surface area contributed by atoms with Crippen LogP contribution in [0.5, 0.6) is 0 Å². The van der Waals surface area contributed by atoms with Gasteiger partial charge in [0.1, 0.15) is 0 Å². The third-order valence-corrected chi connectivity index (χ3v) is 4.91. The molecule has 0 fully saturated rings. The number of rotatable bonds is 5. The van der Waals surface area contributed by atoms with Gasteiger partial charge in [0, 0.05) is 23.4 Å². The lowest BCUT2D eigenvalue weighted by atomic mass is 10.2. The maximum absolute atomic E-state index is 12.2. The average molecular weight is 321 g/mol. The first-order chi connectivity index (χ1) is 10.1. The number of hydrogen-bond donors (Lipinski definition) is 2. The zero-order valence-corrected chi connectivity index (χ0v) is 12.9. The predicted molar refractivity (Wildman–Crippen MR) is 83.4 cm³/mol. The molecule has 21 heavy (non-hydrogen) atoms. The fourth-order valence-electron chi connectivity index (χ4n) is 1.62. The monoisotopic (exact) mass is 321 g/mol. The molecule has 6 heteroatoms. The van der Waals surface area contributed by atoms with Crippen molar-refractivity contribution in [2.24, 2.45) is 0 Å². The van der Waals surface area contributed by atoms with Crippen LogP contribution < -0.4 is 4.72 Å². The summed E-state index contributed by atoms with van der Waals surface area (Å²) in [6, 6.07) is 10.2. The molecule has 2 rings (SSSR count). The Hall–Kier alpha value is -1.65. The summed E-state index contributed by atoms with van der Waals surface area (Å²) in [5.74, 6) is 5.60. The summed E-state index contributed by atoms with van der Waals surface area (Å²) in [5.41, 5.74) is 0.613. The first-order valence-corrected chi connectivity index (χ1v) is 8.70. The summed E-state index contributed by atoms with van der Waals surface area (Å²) in [6.07, 6.45) is 0.369. The SMILES string of the molecule is O=S(=O)(NCc1cccs1)c1cccc(C#CCCO)c1. The van der Waals surface area contributed by atoms with Crippen LogP contribution in [-0.2, 0) is 16.6 Å². The van der Waals surface area contributed by atoms with Gasteiger partial charge < -0.3 is 5.11 Å². The smallest absolute Gasteiger partial charge is 0.240 e. The molecule has 2 aromatic rings. The Bertz CT molecular complexity index is 741. The van der Waals surface area contributed by atoms with Crippen molar-refractivity contribution >= 4 is 21.4 Å². The maximum atomic E-state index is 12.2. The molecule has 0 spiro atoms. The molecule has 1 aromatic heterocycles. The zero-order valence-electron chi connectivity index (χ0n) is 11.2. The van der Waals surface area contributed by atoms with Crippen LogP contribution in [0.15, 0.2) is 46.7 Å². The molecule has 0 bridgehead atoms. The molecule has 0 aliphatic heterocycles. The number of sulfonamides is 1. The highest BCUT2D eigenvalue weighted by atomic mass is 32.2. The lowest BCUT2D eigenvalue weighted by Gasteiger charge is -2.06. The fraction of sp³-hybridized carbons (Fsp3) is 0.200. The lowest BCUT2D eigenvalue weighted by molar-refractivity contribution is 0.305. The first kappa shape index (κ1) is 15.7. The van der Waals surface area contributed by atoms with Gasteiger partial charge in [-0.15, -0.1) is 11.3 Å². The second-order valence-corrected chi connectivity index (χ2v) is 7.01. The Balaban J connectivity index is 2.12. The van der Waals surface area contributed by atoms with E-state index in [4.69, 9.17) is 5.11 Å². The summed E-state index contributed by atoms with van der Waals surface area (Å²) < 4.78 is 27.0. The highest BCUT2D eigenvalue weighted by Crippen LogP contribution is 2.13. The highest BCUT2D eigenvalue weighted by molar-refractivity contribution is 7.89. The van der Waals surface area contributed by atoms with Crippen LogP contribution in [0.1, 0.15) is 16.9 Å². The standard InChI is InChI=1S/C15H15NO3S2/c17-9-2-1-5-13-6-3-8-15(11-13)21(18,19)16-12-14-7-4-10-20-14/h3-4,6-8,10-11,16-17H,2,9,12H2. The van der Waals surface area contributed by atoms with Gasteiger partial charge >= 0.3 is 0 Å². The normalized spacial score (nSPS) is 10.9. The molecule has 0 unspecified atom stereocenters. The van der Waals surface area contributed by atoms with Crippen LogP contribution in [-0.4, -0.2) is 20.1 Å². The van der Waals surface area contributed by atoms with Gasteiger partial charge in [0.15, 0.2) is 0 Å². The van der Waals surface area contributed by atoms with Gasteiger partial charge in [-0.1, -0.05) is 24.0 Å². The quantitative estimate of drug-likeness (QED) is 0.827. The van der Waals surface area contributed by atoms with E-state index in [1.807, 2.05) is 17.5 Å². The molecule has 1 aromatic carbocycles. The molecule has 0 aliphatic carbocycles. The fourth-order valence-corrected chi connectivity index (χ4v) is 3.41. The van der Waals surface area contributed by atoms with Crippen LogP contribution >= 0.6 is 11.3 Å². The molecule has 0 aliphatic rings. The van der Waals surface area contributed by atoms with Crippen LogP contribution in [0.4, 0.5) is 0 Å². The van der Waals surface area contributed by atoms with Gasteiger partial charge in [0.2, 0.25) is 10.0 Å². The molecule has 0 saturated carbocycles. The molecule has 0 atom stereocenters. The average Bonchev–Trinajstić information content (AvgIpc) is 2.99. The minimum Gasteiger partial charge on any atom is -0.395 e. The second kappa shape index (κ2) is 7.38. The third kappa shape index (κ3) is 4.69. The number of nitrogens with one attached hydrogen (secondary N) is 1. The van der Waals surface area contributed by atoms with E-state index < -0.39 is 10.0 Å². The van der Waals surface area contributed by atoms with Crippen molar-refractivity contribution < 1.29 is 13.5 Å². The number of aliphatic hydroxyl groups excluding tert-OH is 1. The molecule has 0 saturated heterocycles. The number of benzene rings is 1. The van der Waals surface area contributed by atoms with Gasteiger partial charge in [0.05, 0.1) is 11.5 Å². The van der Waals surface area contributed by atoms with Crippen molar-refractivity contribution in [3.8, 4) is 11.8 Å². The Morgan fingerprint density at radius 1 is 1.24 bits per heavy atom. The summed E-state index contributed by atoms with van der Waals surface area (Å²) >= 11 is 1.50. The van der Waals surface area contributed by atoms with E-state index in [9.17, 15) is 8.42 Å². The van der Waals surface area contributed by atoms with E-state index >= 15 is 0 Å². The van der Waals surface area contributed by atoms with E-state index in [-0.39, 0.29) is 18.0 Å². The molecule has 0 radical (unpaired) electrons. The van der Waals surface area contributed by atoms with E-state index in [1.165, 1.54) is 23.5 Å². The van der Waals surface area contributed by atoms with Crippen molar-refractivity contribution in [3.05, 3.63) is 52.2 Å². The summed E-state index contributed by atoms with van der Waals surface area (Å²) in [6.45, 7) is 0.272. The van der Waals surface area contributed by atoms with Gasteiger partial charge in [-0.25, -0.2) is 13.1 Å². The highest BCUT2D eigenvalue weighted by Gasteiger charge is 2.13. The summed E-state index contributed by atoms with van der Waals surface area (Å²) in [5, 5.41) is 10.6. The first-order valence-electron chi connectivity index (χ1n) is 6.34. The Labute approximate surface area is 128 Å². The van der Waals surface area contributed by atoms with Gasteiger partial charge in [-0.2, -0.15) is 0 Å². The molecule has 1 heterocycles. The van der Waals surface area contributed by atoms with Crippen LogP contribution in [0, 0.1) is 11.8 Å². The molecule has 0 amide bonds. The van der Waals surface area contributed by atoms with E-state index in [2.05, 4.69) is 16.6 Å².